The number of imidazole rings is 2. The van der Waals surface area contributed by atoms with Crippen molar-refractivity contribution >= 4 is 28.9 Å². The number of likely N-dealkylation sites (N-methyl/N-ethyl adjacent to an activating group) is 1. The molecule has 4 atom stereocenters. The van der Waals surface area contributed by atoms with Gasteiger partial charge in [-0.2, -0.15) is 0 Å². The van der Waals surface area contributed by atoms with Gasteiger partial charge in [0.1, 0.15) is 23.4 Å². The largest absolute Gasteiger partial charge is 0.431 e. The van der Waals surface area contributed by atoms with Crippen molar-refractivity contribution in [3.8, 4) is 33.6 Å². The molecule has 1 unspecified atom stereocenters. The van der Waals surface area contributed by atoms with E-state index in [1.807, 2.05) is 72.6 Å². The summed E-state index contributed by atoms with van der Waals surface area (Å²) < 4.78 is 10.9. The molecule has 14 heteroatoms. The maximum absolute atomic E-state index is 14.2. The zero-order chi connectivity index (χ0) is 41.3. The second-order valence-corrected chi connectivity index (χ2v) is 15.6. The van der Waals surface area contributed by atoms with Gasteiger partial charge in [0.2, 0.25) is 12.0 Å². The number of para-hydroxylation sites is 1. The highest BCUT2D eigenvalue weighted by Crippen LogP contribution is 2.38. The number of carbonyl (C=O) groups excluding carboxylic acids is 3. The summed E-state index contributed by atoms with van der Waals surface area (Å²) in [5.41, 5.74) is 13.0. The number of aromatic amines is 2. The van der Waals surface area contributed by atoms with E-state index in [9.17, 15) is 14.4 Å². The van der Waals surface area contributed by atoms with Gasteiger partial charge in [-0.1, -0.05) is 96.2 Å². The van der Waals surface area contributed by atoms with Crippen LogP contribution in [0, 0.1) is 0 Å². The Morgan fingerprint density at radius 2 is 1.23 bits per heavy atom. The minimum Gasteiger partial charge on any atom is -0.431 e. The summed E-state index contributed by atoms with van der Waals surface area (Å²) in [5.74, 6) is 1.08. The van der Waals surface area contributed by atoms with Gasteiger partial charge in [-0.3, -0.25) is 14.5 Å². The van der Waals surface area contributed by atoms with Crippen LogP contribution in [-0.2, 0) is 14.3 Å². The molecule has 4 N–H and O–H groups in total. The molecule has 0 saturated carbocycles. The van der Waals surface area contributed by atoms with Gasteiger partial charge in [-0.25, -0.2) is 14.8 Å². The normalized spacial score (nSPS) is 17.6. The third kappa shape index (κ3) is 7.41. The van der Waals surface area contributed by atoms with Crippen molar-refractivity contribution in [3.05, 3.63) is 138 Å². The lowest BCUT2D eigenvalue weighted by molar-refractivity contribution is -0.141. The molecule has 3 aromatic heterocycles. The molecule has 2 aliphatic heterocycles. The fraction of sp³-hybridized carbons (Fsp3) is 0.261. The lowest BCUT2D eigenvalue weighted by atomic mass is 10.0. The Bertz CT molecular complexity index is 2630. The molecule has 9 rings (SSSR count). The Kier molecular flexibility index (Phi) is 10.4. The number of aromatic nitrogens is 5. The topological polar surface area (TPSA) is 180 Å². The monoisotopic (exact) mass is 803 g/mol. The zero-order valence-corrected chi connectivity index (χ0v) is 33.3. The van der Waals surface area contributed by atoms with Crippen LogP contribution in [0.1, 0.15) is 72.8 Å². The minimum atomic E-state index is -1.13. The highest BCUT2D eigenvalue weighted by molar-refractivity contribution is 5.90. The smallest absolute Gasteiger partial charge is 0.405 e. The summed E-state index contributed by atoms with van der Waals surface area (Å²) in [6.45, 7) is 1.15. The second kappa shape index (κ2) is 16.3. The fourth-order valence-electron chi connectivity index (χ4n) is 8.62. The summed E-state index contributed by atoms with van der Waals surface area (Å²) in [4.78, 5) is 61.6. The quantitative estimate of drug-likeness (QED) is 0.118. The molecule has 304 valence electrons. The Labute approximate surface area is 346 Å². The third-order valence-corrected chi connectivity index (χ3v) is 11.6. The maximum Gasteiger partial charge on any atom is 0.405 e. The van der Waals surface area contributed by atoms with E-state index in [1.165, 1.54) is 0 Å². The molecule has 4 aromatic carbocycles. The Morgan fingerprint density at radius 1 is 0.717 bits per heavy atom. The number of nitrogens with zero attached hydrogens (tertiary/aromatic N) is 6. The van der Waals surface area contributed by atoms with Gasteiger partial charge in [-0.05, 0) is 74.2 Å². The number of hydrogen-bond acceptors (Lipinski definition) is 9. The summed E-state index contributed by atoms with van der Waals surface area (Å²) in [7, 11) is 3.78. The van der Waals surface area contributed by atoms with Crippen LogP contribution in [0.15, 0.2) is 120 Å². The van der Waals surface area contributed by atoms with E-state index < -0.39 is 18.2 Å². The van der Waals surface area contributed by atoms with E-state index in [2.05, 4.69) is 56.5 Å². The van der Waals surface area contributed by atoms with E-state index in [-0.39, 0.29) is 23.9 Å². The first-order valence-electron chi connectivity index (χ1n) is 20.2. The summed E-state index contributed by atoms with van der Waals surface area (Å²) in [6, 6.07) is 32.0. The first-order valence-corrected chi connectivity index (χ1v) is 20.2. The number of fused-ring (bicyclic) bond motifs is 1. The van der Waals surface area contributed by atoms with Gasteiger partial charge in [0, 0.05) is 24.0 Å². The first-order chi connectivity index (χ1) is 29.2. The number of hydrogen-bond donors (Lipinski definition) is 3. The van der Waals surface area contributed by atoms with Crippen LogP contribution in [0.25, 0.3) is 44.6 Å². The van der Waals surface area contributed by atoms with Gasteiger partial charge < -0.3 is 34.8 Å². The van der Waals surface area contributed by atoms with E-state index >= 15 is 0 Å². The zero-order valence-electron chi connectivity index (χ0n) is 33.3. The van der Waals surface area contributed by atoms with Crippen LogP contribution < -0.4 is 5.73 Å². The number of nitrogens with one attached hydrogen (secondary N) is 2. The van der Waals surface area contributed by atoms with Crippen molar-refractivity contribution in [2.24, 2.45) is 5.73 Å². The van der Waals surface area contributed by atoms with Crippen molar-refractivity contribution in [1.29, 1.82) is 0 Å². The summed E-state index contributed by atoms with van der Waals surface area (Å²) in [6.07, 6.45) is 4.70. The second-order valence-electron chi connectivity index (χ2n) is 15.6. The molecule has 2 fully saturated rings. The molecule has 0 aliphatic carbocycles. The molecular formula is C46H45N9O5. The SMILES string of the molecule is CN(C)C(C(=O)N1CCC[C@H]1c1ncc(-c2ccc(-c3ccc(-c4cnc([C@@H]5CCCN5C(=O)[C@H](OC(N)=O)c5ccccc5)[nH]4)cc3)cc2)[nH]1)c1noc2ccccc12. The van der Waals surface area contributed by atoms with E-state index in [0.29, 0.717) is 35.8 Å². The van der Waals surface area contributed by atoms with E-state index in [0.717, 1.165) is 70.5 Å². The van der Waals surface area contributed by atoms with Crippen LogP contribution in [0.5, 0.6) is 0 Å². The van der Waals surface area contributed by atoms with Crippen LogP contribution in [0.4, 0.5) is 4.79 Å². The number of benzene rings is 4. The third-order valence-electron chi connectivity index (χ3n) is 11.6. The van der Waals surface area contributed by atoms with E-state index in [4.69, 9.17) is 20.0 Å². The van der Waals surface area contributed by atoms with Crippen LogP contribution in [0.3, 0.4) is 0 Å². The number of amides is 3. The molecule has 3 amide bonds. The number of nitrogens with two attached hydrogens (primary N) is 1. The van der Waals surface area contributed by atoms with Crippen molar-refractivity contribution < 1.29 is 23.6 Å². The molecule has 0 spiro atoms. The first kappa shape index (κ1) is 38.5. The number of ether oxygens (including phenoxy) is 1. The van der Waals surface area contributed by atoms with Crippen LogP contribution in [0.2, 0.25) is 0 Å². The van der Waals surface area contributed by atoms with Gasteiger partial charge in [0.15, 0.2) is 5.58 Å². The van der Waals surface area contributed by atoms with Crippen molar-refractivity contribution in [2.45, 2.75) is 49.9 Å². The Hall–Kier alpha value is -7.06. The average molecular weight is 804 g/mol. The summed E-state index contributed by atoms with van der Waals surface area (Å²) in [5, 5.41) is 5.16. The highest BCUT2D eigenvalue weighted by atomic mass is 16.6. The number of H-pyrrole nitrogens is 2. The number of rotatable bonds is 11. The lowest BCUT2D eigenvalue weighted by Crippen LogP contribution is -2.40. The highest BCUT2D eigenvalue weighted by Gasteiger charge is 2.40. The number of carbonyl (C=O) groups is 3. The fourth-order valence-corrected chi connectivity index (χ4v) is 8.62. The molecule has 2 saturated heterocycles. The minimum absolute atomic E-state index is 0.0266. The molecular weight excluding hydrogens is 759 g/mol. The molecule has 60 heavy (non-hydrogen) atoms. The molecule has 0 bridgehead atoms. The predicted molar refractivity (Wildman–Crippen MR) is 225 cm³/mol. The van der Waals surface area contributed by atoms with Crippen molar-refractivity contribution in [3.63, 3.8) is 0 Å². The maximum atomic E-state index is 14.2. The number of likely N-dealkylation sites (tertiary alicyclic amines) is 2. The Morgan fingerprint density at radius 3 is 1.78 bits per heavy atom. The molecule has 7 aromatic rings. The standard InChI is InChI=1S/C46H45N9O5/c1-53(2)40(39-33-12-6-7-15-38(33)60-52-39)44(56)54-24-8-13-36(54)42-48-26-34(50-42)30-20-16-28(17-21-30)29-18-22-31(23-19-29)35-27-49-43(51-35)37-14-9-25-55(37)45(57)41(59-46(47)58)32-10-4-3-5-11-32/h3-7,10-12,15-23,26-27,36-37,40-41H,8-9,13-14,24-25H2,1-2H3,(H2,47,58)(H,48,50)(H,49,51)/t36-,37-,40?,41+/m0/s1. The Balaban J connectivity index is 0.865. The number of primary amides is 1. The van der Waals surface area contributed by atoms with E-state index in [1.54, 1.807) is 35.4 Å². The van der Waals surface area contributed by atoms with Gasteiger partial charge in [0.25, 0.3) is 5.91 Å². The molecule has 14 nitrogen and oxygen atoms in total. The van der Waals surface area contributed by atoms with Gasteiger partial charge >= 0.3 is 6.09 Å². The van der Waals surface area contributed by atoms with Gasteiger partial charge in [0.05, 0.1) is 35.9 Å². The van der Waals surface area contributed by atoms with Gasteiger partial charge in [-0.15, -0.1) is 0 Å². The van der Waals surface area contributed by atoms with Crippen molar-refractivity contribution in [2.75, 3.05) is 27.2 Å². The predicted octanol–water partition coefficient (Wildman–Crippen LogP) is 7.74. The summed E-state index contributed by atoms with van der Waals surface area (Å²) >= 11 is 0. The van der Waals surface area contributed by atoms with Crippen LogP contribution >= 0.6 is 0 Å². The van der Waals surface area contributed by atoms with Crippen LogP contribution in [-0.4, -0.2) is 84.9 Å². The van der Waals surface area contributed by atoms with Crippen molar-refractivity contribution in [1.82, 2.24) is 39.8 Å². The molecule has 2 aliphatic rings. The molecule has 5 heterocycles. The average Bonchev–Trinajstić information content (AvgIpc) is 4.13. The lowest BCUT2D eigenvalue weighted by Gasteiger charge is -2.30. The molecule has 0 radical (unpaired) electrons.